The molecule has 0 spiro atoms. The van der Waals surface area contributed by atoms with Crippen molar-refractivity contribution in [3.63, 3.8) is 0 Å². The van der Waals surface area contributed by atoms with Gasteiger partial charge in [0, 0.05) is 24.0 Å². The zero-order valence-electron chi connectivity index (χ0n) is 18.3. The molecule has 0 aliphatic rings. The van der Waals surface area contributed by atoms with Gasteiger partial charge in [-0.05, 0) is 38.5 Å². The number of hydrogen-bond donors (Lipinski definition) is 1. The van der Waals surface area contributed by atoms with E-state index in [-0.39, 0.29) is 35.1 Å². The predicted molar refractivity (Wildman–Crippen MR) is 122 cm³/mol. The number of sulfonamides is 1. The molecule has 0 amide bonds. The molecular formula is C20H24N4O6S2. The average Bonchev–Trinajstić information content (AvgIpc) is 3.02. The normalized spacial score (nSPS) is 12.9. The van der Waals surface area contributed by atoms with E-state index in [2.05, 4.69) is 9.97 Å². The van der Waals surface area contributed by atoms with Gasteiger partial charge in [0.1, 0.15) is 4.83 Å². The monoisotopic (exact) mass is 480 g/mol. The molecule has 0 fully saturated rings. The molecule has 1 atom stereocenters. The molecule has 3 rings (SSSR count). The fraction of sp³-hybridized carbons (Fsp3) is 0.400. The molecule has 0 saturated heterocycles. The van der Waals surface area contributed by atoms with Crippen LogP contribution in [0.3, 0.4) is 0 Å². The number of aromatic nitrogens is 2. The van der Waals surface area contributed by atoms with E-state index in [1.54, 1.807) is 20.8 Å². The van der Waals surface area contributed by atoms with Crippen molar-refractivity contribution < 1.29 is 18.1 Å². The second-order valence-corrected chi connectivity index (χ2v) is 10.3. The molecule has 2 aromatic heterocycles. The highest BCUT2D eigenvalue weighted by molar-refractivity contribution is 7.89. The topological polar surface area (TPSA) is 136 Å². The Morgan fingerprint density at radius 1 is 1.28 bits per heavy atom. The van der Waals surface area contributed by atoms with Crippen molar-refractivity contribution >= 4 is 37.3 Å². The molecule has 32 heavy (non-hydrogen) atoms. The molecule has 1 unspecified atom stereocenters. The Morgan fingerprint density at radius 2 is 1.94 bits per heavy atom. The quantitative estimate of drug-likeness (QED) is 0.384. The largest absolute Gasteiger partial charge is 0.476 e. The molecule has 0 aliphatic carbocycles. The Labute approximate surface area is 189 Å². The third kappa shape index (κ3) is 4.25. The average molecular weight is 481 g/mol. The summed E-state index contributed by atoms with van der Waals surface area (Å²) in [7, 11) is -3.87. The molecule has 0 radical (unpaired) electrons. The van der Waals surface area contributed by atoms with Crippen LogP contribution in [0.15, 0.2) is 27.9 Å². The lowest BCUT2D eigenvalue weighted by Crippen LogP contribution is -2.30. The summed E-state index contributed by atoms with van der Waals surface area (Å²) in [4.78, 5) is 31.9. The lowest BCUT2D eigenvalue weighted by molar-refractivity contribution is -0.386. The lowest BCUT2D eigenvalue weighted by Gasteiger charge is -2.19. The highest BCUT2D eigenvalue weighted by Crippen LogP contribution is 2.34. The number of nitrogens with one attached hydrogen (secondary N) is 1. The molecule has 0 saturated carbocycles. The highest BCUT2D eigenvalue weighted by Gasteiger charge is 2.27. The van der Waals surface area contributed by atoms with Gasteiger partial charge in [0.2, 0.25) is 10.0 Å². The van der Waals surface area contributed by atoms with E-state index in [1.165, 1.54) is 27.8 Å². The van der Waals surface area contributed by atoms with Crippen molar-refractivity contribution in [2.24, 2.45) is 0 Å². The number of H-pyrrole nitrogens is 1. The summed E-state index contributed by atoms with van der Waals surface area (Å²) in [5.74, 6) is 0.0974. The zero-order chi connectivity index (χ0) is 23.8. The van der Waals surface area contributed by atoms with Crippen LogP contribution in [-0.4, -0.2) is 40.7 Å². The van der Waals surface area contributed by atoms with E-state index in [4.69, 9.17) is 4.74 Å². The molecule has 0 bridgehead atoms. The summed E-state index contributed by atoms with van der Waals surface area (Å²) >= 11 is 1.38. The van der Waals surface area contributed by atoms with E-state index >= 15 is 0 Å². The molecule has 1 aromatic carbocycles. The van der Waals surface area contributed by atoms with E-state index in [0.717, 1.165) is 16.5 Å². The number of aryl methyl sites for hydroxylation is 2. The van der Waals surface area contributed by atoms with Crippen molar-refractivity contribution in [2.75, 3.05) is 13.1 Å². The molecule has 3 aromatic rings. The number of thiophene rings is 1. The number of aromatic amines is 1. The van der Waals surface area contributed by atoms with Crippen molar-refractivity contribution in [2.45, 2.75) is 45.6 Å². The van der Waals surface area contributed by atoms with Gasteiger partial charge in [0.05, 0.1) is 15.2 Å². The van der Waals surface area contributed by atoms with Crippen LogP contribution in [0.4, 0.5) is 5.69 Å². The first-order valence-corrected chi connectivity index (χ1v) is 12.2. The summed E-state index contributed by atoms with van der Waals surface area (Å²) in [6, 6.07) is 3.51. The molecule has 12 heteroatoms. The second kappa shape index (κ2) is 8.96. The van der Waals surface area contributed by atoms with Crippen molar-refractivity contribution in [1.82, 2.24) is 14.3 Å². The maximum absolute atomic E-state index is 12.7. The minimum absolute atomic E-state index is 0.123. The SMILES string of the molecule is CCN(CC)S(=O)(=O)c1ccc(OC(C)c2nc3sc(C)c(C)c3c(=O)[nH]2)c([N+](=O)[O-])c1. The predicted octanol–water partition coefficient (Wildman–Crippen LogP) is 3.68. The maximum Gasteiger partial charge on any atom is 0.312 e. The van der Waals surface area contributed by atoms with Crippen LogP contribution in [0.2, 0.25) is 0 Å². The van der Waals surface area contributed by atoms with Gasteiger partial charge in [-0.25, -0.2) is 13.4 Å². The fourth-order valence-electron chi connectivity index (χ4n) is 3.32. The van der Waals surface area contributed by atoms with Gasteiger partial charge in [-0.3, -0.25) is 14.9 Å². The third-order valence-corrected chi connectivity index (χ3v) is 8.36. The zero-order valence-corrected chi connectivity index (χ0v) is 20.0. The van der Waals surface area contributed by atoms with Gasteiger partial charge in [0.15, 0.2) is 17.7 Å². The van der Waals surface area contributed by atoms with Crippen LogP contribution >= 0.6 is 11.3 Å². The summed E-state index contributed by atoms with van der Waals surface area (Å²) < 4.78 is 32.4. The van der Waals surface area contributed by atoms with E-state index < -0.39 is 26.7 Å². The van der Waals surface area contributed by atoms with Crippen LogP contribution in [0, 0.1) is 24.0 Å². The van der Waals surface area contributed by atoms with Gasteiger partial charge in [-0.1, -0.05) is 13.8 Å². The Balaban J connectivity index is 1.99. The summed E-state index contributed by atoms with van der Waals surface area (Å²) in [6.45, 7) is 9.21. The van der Waals surface area contributed by atoms with E-state index in [1.807, 2.05) is 13.8 Å². The van der Waals surface area contributed by atoms with Gasteiger partial charge >= 0.3 is 5.69 Å². The van der Waals surface area contributed by atoms with Crippen molar-refractivity contribution in [3.8, 4) is 5.75 Å². The first-order chi connectivity index (χ1) is 15.0. The van der Waals surface area contributed by atoms with Crippen LogP contribution in [0.1, 0.15) is 43.1 Å². The number of nitro groups is 1. The van der Waals surface area contributed by atoms with Gasteiger partial charge in [0.25, 0.3) is 5.56 Å². The van der Waals surface area contributed by atoms with Crippen LogP contribution in [0.5, 0.6) is 5.75 Å². The smallest absolute Gasteiger partial charge is 0.312 e. The van der Waals surface area contributed by atoms with Crippen LogP contribution in [0.25, 0.3) is 10.2 Å². The van der Waals surface area contributed by atoms with Crippen molar-refractivity contribution in [1.29, 1.82) is 0 Å². The number of hydrogen-bond acceptors (Lipinski definition) is 8. The highest BCUT2D eigenvalue weighted by atomic mass is 32.2. The third-order valence-electron chi connectivity index (χ3n) is 5.22. The Hall–Kier alpha value is -2.83. The number of nitro benzene ring substituents is 1. The minimum atomic E-state index is -3.87. The summed E-state index contributed by atoms with van der Waals surface area (Å²) in [5, 5.41) is 12.2. The van der Waals surface area contributed by atoms with Gasteiger partial charge in [-0.15, -0.1) is 11.3 Å². The van der Waals surface area contributed by atoms with Gasteiger partial charge < -0.3 is 9.72 Å². The second-order valence-electron chi connectivity index (χ2n) is 7.15. The summed E-state index contributed by atoms with van der Waals surface area (Å²) in [6.07, 6.45) is -0.821. The van der Waals surface area contributed by atoms with Crippen molar-refractivity contribution in [3.05, 3.63) is 54.9 Å². The summed E-state index contributed by atoms with van der Waals surface area (Å²) in [5.41, 5.74) is 0.0632. The molecule has 0 aliphatic heterocycles. The first kappa shape index (κ1) is 23.8. The van der Waals surface area contributed by atoms with Crippen LogP contribution in [-0.2, 0) is 10.0 Å². The molecule has 1 N–H and O–H groups in total. The van der Waals surface area contributed by atoms with Gasteiger partial charge in [-0.2, -0.15) is 4.31 Å². The number of ether oxygens (including phenoxy) is 1. The number of benzene rings is 1. The Morgan fingerprint density at radius 3 is 2.53 bits per heavy atom. The number of fused-ring (bicyclic) bond motifs is 1. The first-order valence-electron chi connectivity index (χ1n) is 9.96. The standard InChI is InChI=1S/C20H24N4O6S2/c1-6-23(7-2)32(28,29)14-8-9-16(15(10-14)24(26)27)30-12(4)18-21-19(25)17-11(3)13(5)31-20(17)22-18/h8-10,12H,6-7H2,1-5H3,(H,21,22,25). The lowest BCUT2D eigenvalue weighted by atomic mass is 10.2. The molecule has 10 nitrogen and oxygen atoms in total. The van der Waals surface area contributed by atoms with E-state index in [0.29, 0.717) is 10.2 Å². The molecule has 172 valence electrons. The van der Waals surface area contributed by atoms with Crippen LogP contribution < -0.4 is 10.3 Å². The van der Waals surface area contributed by atoms with E-state index in [9.17, 15) is 23.3 Å². The Bertz CT molecular complexity index is 1340. The molecule has 2 heterocycles. The number of nitrogens with zero attached hydrogens (tertiary/aromatic N) is 3. The maximum atomic E-state index is 12.7. The fourth-order valence-corrected chi connectivity index (χ4v) is 5.84. The Kier molecular flexibility index (Phi) is 6.67. The minimum Gasteiger partial charge on any atom is -0.476 e. The molecular weight excluding hydrogens is 456 g/mol. The number of rotatable bonds is 8.